The van der Waals surface area contributed by atoms with Crippen LogP contribution in [0.25, 0.3) is 60.1 Å². The summed E-state index contributed by atoms with van der Waals surface area (Å²) in [5.74, 6) is 0.147. The van der Waals surface area contributed by atoms with Gasteiger partial charge in [0, 0.05) is 51.9 Å². The van der Waals surface area contributed by atoms with E-state index in [1.54, 1.807) is 11.1 Å². The van der Waals surface area contributed by atoms with Crippen molar-refractivity contribution in [2.45, 2.75) is 76.5 Å². The van der Waals surface area contributed by atoms with Gasteiger partial charge < -0.3 is 9.80 Å². The van der Waals surface area contributed by atoms with Crippen molar-refractivity contribution >= 4 is 60.6 Å². The standard InChI is InChI=1S/C72H58N2/c1-72(2)64-26-12-11-24-57(64)58-38-35-50(43-65(58)72)56-23-9-10-25-59(56)71-61-40-37-54(73-66-27-13-5-18-47(66)32-33-48-19-6-14-28-67(48)73)44-62(61)70(53-34-31-46-17-3-4-20-49(46)41-53)60-39-36-55(45-63(60)71)74-68-29-15-7-21-51(68)42-52-22-8-16-30-69(52)74/h3-4,7-17,20-22,24-31,34-41,43-45,56H,5-6,18-19,23,32-33,42H2,1-2H3. The van der Waals surface area contributed by atoms with Gasteiger partial charge in [-0.05, 0) is 204 Å². The van der Waals surface area contributed by atoms with Crippen LogP contribution >= 0.6 is 0 Å². The summed E-state index contributed by atoms with van der Waals surface area (Å²) >= 11 is 0. The first-order valence-electron chi connectivity index (χ1n) is 27.1. The first-order chi connectivity index (χ1) is 36.5. The maximum absolute atomic E-state index is 2.64. The zero-order valence-electron chi connectivity index (χ0n) is 42.3. The second kappa shape index (κ2) is 16.9. The van der Waals surface area contributed by atoms with Crippen LogP contribution in [-0.4, -0.2) is 0 Å². The van der Waals surface area contributed by atoms with E-state index in [0.717, 1.165) is 51.4 Å². The summed E-state index contributed by atoms with van der Waals surface area (Å²) in [7, 11) is 0. The van der Waals surface area contributed by atoms with Crippen LogP contribution in [0.4, 0.5) is 22.7 Å². The third kappa shape index (κ3) is 6.70. The van der Waals surface area contributed by atoms with Crippen molar-refractivity contribution in [2.75, 3.05) is 9.80 Å². The number of fused-ring (bicyclic) bond motifs is 8. The van der Waals surface area contributed by atoms with Crippen molar-refractivity contribution in [2.24, 2.45) is 0 Å². The fourth-order valence-electron chi connectivity index (χ4n) is 14.0. The molecule has 9 aromatic rings. The highest BCUT2D eigenvalue weighted by atomic mass is 15.2. The number of rotatable bonds is 5. The van der Waals surface area contributed by atoms with Crippen molar-refractivity contribution in [3.8, 4) is 22.3 Å². The number of benzene rings is 9. The van der Waals surface area contributed by atoms with E-state index in [1.807, 2.05) is 0 Å². The Morgan fingerprint density at radius 3 is 1.84 bits per heavy atom. The SMILES string of the molecule is CC1(C)c2ccccc2-c2ccc(C3CC=CC=C3c3c4cc(N5c6ccccc6Cc6ccccc65)ccc4c(-c4ccc5ccccc5c4)c4cc(N5C6=C(CCC=C6)CCC6=C5C=CCC6)ccc34)cc21. The zero-order valence-corrected chi connectivity index (χ0v) is 42.3. The van der Waals surface area contributed by atoms with E-state index in [9.17, 15) is 0 Å². The van der Waals surface area contributed by atoms with Crippen molar-refractivity contribution in [3.05, 3.63) is 268 Å². The van der Waals surface area contributed by atoms with Gasteiger partial charge in [0.2, 0.25) is 0 Å². The number of nitrogens with zero attached hydrogens (tertiary/aromatic N) is 2. The summed E-state index contributed by atoms with van der Waals surface area (Å²) in [5, 5.41) is 7.64. The van der Waals surface area contributed by atoms with Gasteiger partial charge in [-0.25, -0.2) is 0 Å². The normalized spacial score (nSPS) is 18.2. The quantitative estimate of drug-likeness (QED) is 0.159. The van der Waals surface area contributed by atoms with E-state index >= 15 is 0 Å². The molecule has 0 spiro atoms. The van der Waals surface area contributed by atoms with Crippen LogP contribution in [0.3, 0.4) is 0 Å². The van der Waals surface area contributed by atoms with Gasteiger partial charge in [-0.1, -0.05) is 172 Å². The maximum Gasteiger partial charge on any atom is 0.0497 e. The molecule has 15 rings (SSSR count). The Labute approximate surface area is 435 Å². The Morgan fingerprint density at radius 2 is 1.09 bits per heavy atom. The molecule has 0 bridgehead atoms. The molecule has 6 aliphatic rings. The second-order valence-corrected chi connectivity index (χ2v) is 22.1. The molecule has 2 aliphatic heterocycles. The molecule has 9 aromatic carbocycles. The van der Waals surface area contributed by atoms with Crippen LogP contribution < -0.4 is 9.80 Å². The van der Waals surface area contributed by atoms with Gasteiger partial charge in [0.1, 0.15) is 0 Å². The van der Waals surface area contributed by atoms with Crippen molar-refractivity contribution in [1.82, 2.24) is 0 Å². The van der Waals surface area contributed by atoms with Gasteiger partial charge in [0.25, 0.3) is 0 Å². The average Bonchev–Trinajstić information content (AvgIpc) is 3.56. The van der Waals surface area contributed by atoms with Crippen molar-refractivity contribution in [3.63, 3.8) is 0 Å². The van der Waals surface area contributed by atoms with Gasteiger partial charge in [-0.3, -0.25) is 0 Å². The first kappa shape index (κ1) is 43.4. The summed E-state index contributed by atoms with van der Waals surface area (Å²) < 4.78 is 0. The molecule has 1 unspecified atom stereocenters. The minimum atomic E-state index is -0.0947. The minimum absolute atomic E-state index is 0.0947. The number of hydrogen-bond acceptors (Lipinski definition) is 2. The fraction of sp³-hybridized carbons (Fsp3) is 0.167. The molecule has 2 nitrogen and oxygen atoms in total. The lowest BCUT2D eigenvalue weighted by Gasteiger charge is -2.34. The summed E-state index contributed by atoms with van der Waals surface area (Å²) in [5.41, 5.74) is 25.6. The average molecular weight is 951 g/mol. The molecule has 0 N–H and O–H groups in total. The number of para-hydroxylation sites is 2. The third-order valence-corrected chi connectivity index (χ3v) is 17.7. The molecule has 2 heterocycles. The Balaban J connectivity index is 1.03. The summed E-state index contributed by atoms with van der Waals surface area (Å²) in [4.78, 5) is 5.17. The van der Waals surface area contributed by atoms with Crippen molar-refractivity contribution < 1.29 is 0 Å². The van der Waals surface area contributed by atoms with Crippen LogP contribution in [0.2, 0.25) is 0 Å². The lowest BCUT2D eigenvalue weighted by Crippen LogP contribution is -2.23. The van der Waals surface area contributed by atoms with E-state index in [-0.39, 0.29) is 11.3 Å². The molecule has 0 saturated carbocycles. The minimum Gasteiger partial charge on any atom is -0.311 e. The smallest absolute Gasteiger partial charge is 0.0497 e. The molecular formula is C72H58N2. The molecule has 0 aromatic heterocycles. The lowest BCUT2D eigenvalue weighted by atomic mass is 9.75. The predicted octanol–water partition coefficient (Wildman–Crippen LogP) is 19.4. The molecule has 0 radical (unpaired) electrons. The van der Waals surface area contributed by atoms with E-state index < -0.39 is 0 Å². The number of allylic oxidation sites excluding steroid dienone is 10. The van der Waals surface area contributed by atoms with Gasteiger partial charge in [0.15, 0.2) is 0 Å². The largest absolute Gasteiger partial charge is 0.311 e. The van der Waals surface area contributed by atoms with E-state index in [1.165, 1.54) is 128 Å². The summed E-state index contributed by atoms with van der Waals surface area (Å²) in [6.07, 6.45) is 25.4. The van der Waals surface area contributed by atoms with Gasteiger partial charge in [-0.15, -0.1) is 0 Å². The van der Waals surface area contributed by atoms with Crippen molar-refractivity contribution in [1.29, 1.82) is 0 Å². The summed E-state index contributed by atoms with van der Waals surface area (Å²) in [6.45, 7) is 4.83. The lowest BCUT2D eigenvalue weighted by molar-refractivity contribution is 0.658. The van der Waals surface area contributed by atoms with Crippen LogP contribution in [0, 0.1) is 0 Å². The molecule has 2 heteroatoms. The Hall–Kier alpha value is -8.20. The molecule has 1 atom stereocenters. The first-order valence-corrected chi connectivity index (χ1v) is 27.1. The number of hydrogen-bond donors (Lipinski definition) is 0. The third-order valence-electron chi connectivity index (χ3n) is 17.7. The molecule has 4 aliphatic carbocycles. The van der Waals surface area contributed by atoms with Gasteiger partial charge in [0.05, 0.1) is 0 Å². The molecular weight excluding hydrogens is 893 g/mol. The van der Waals surface area contributed by atoms with Crippen LogP contribution in [0.15, 0.2) is 235 Å². The maximum atomic E-state index is 2.64. The molecule has 74 heavy (non-hydrogen) atoms. The monoisotopic (exact) mass is 950 g/mol. The van der Waals surface area contributed by atoms with Crippen LogP contribution in [0.1, 0.15) is 98.1 Å². The Morgan fingerprint density at radius 1 is 0.473 bits per heavy atom. The Kier molecular flexibility index (Phi) is 9.93. The Bertz CT molecular complexity index is 3980. The summed E-state index contributed by atoms with van der Waals surface area (Å²) in [6, 6.07) is 65.4. The number of anilines is 4. The molecule has 0 fully saturated rings. The highest BCUT2D eigenvalue weighted by molar-refractivity contribution is 6.21. The van der Waals surface area contributed by atoms with Crippen LogP contribution in [0.5, 0.6) is 0 Å². The highest BCUT2D eigenvalue weighted by Crippen LogP contribution is 2.54. The van der Waals surface area contributed by atoms with E-state index in [0.29, 0.717) is 0 Å². The van der Waals surface area contributed by atoms with Crippen LogP contribution in [-0.2, 0) is 11.8 Å². The second-order valence-electron chi connectivity index (χ2n) is 22.1. The predicted molar refractivity (Wildman–Crippen MR) is 313 cm³/mol. The van der Waals surface area contributed by atoms with E-state index in [4.69, 9.17) is 0 Å². The molecule has 0 amide bonds. The van der Waals surface area contributed by atoms with E-state index in [2.05, 4.69) is 236 Å². The zero-order chi connectivity index (χ0) is 49.1. The topological polar surface area (TPSA) is 6.48 Å². The molecule has 356 valence electrons. The van der Waals surface area contributed by atoms with Gasteiger partial charge in [-0.2, -0.15) is 0 Å². The van der Waals surface area contributed by atoms with Gasteiger partial charge >= 0.3 is 0 Å². The molecule has 0 saturated heterocycles. The highest BCUT2D eigenvalue weighted by Gasteiger charge is 2.37. The fourth-order valence-corrected chi connectivity index (χ4v) is 14.0.